The minimum atomic E-state index is -0.313. The molecule has 2 aromatic heterocycles. The van der Waals surface area contributed by atoms with Crippen molar-refractivity contribution in [2.75, 3.05) is 24.8 Å². The van der Waals surface area contributed by atoms with E-state index < -0.39 is 0 Å². The van der Waals surface area contributed by atoms with Gasteiger partial charge in [0.1, 0.15) is 11.6 Å². The lowest BCUT2D eigenvalue weighted by Crippen LogP contribution is -2.09. The molecular formula is C18H22FN7OS. The van der Waals surface area contributed by atoms with Crippen molar-refractivity contribution in [2.45, 2.75) is 31.3 Å². The van der Waals surface area contributed by atoms with Gasteiger partial charge in [-0.3, -0.25) is 0 Å². The number of imidazole rings is 1. The van der Waals surface area contributed by atoms with Gasteiger partial charge >= 0.3 is 0 Å². The minimum Gasteiger partial charge on any atom is -0.383 e. The van der Waals surface area contributed by atoms with E-state index in [1.54, 1.807) is 19.2 Å². The molecular weight excluding hydrogens is 381 g/mol. The van der Waals surface area contributed by atoms with Crippen LogP contribution in [0.3, 0.4) is 0 Å². The van der Waals surface area contributed by atoms with Crippen LogP contribution in [0, 0.1) is 19.7 Å². The number of ether oxygens (including phenoxy) is 1. The van der Waals surface area contributed by atoms with Gasteiger partial charge in [-0.2, -0.15) is 15.0 Å². The van der Waals surface area contributed by atoms with Crippen LogP contribution in [0.15, 0.2) is 29.4 Å². The Morgan fingerprint density at radius 1 is 1.14 bits per heavy atom. The summed E-state index contributed by atoms with van der Waals surface area (Å²) in [5, 5.41) is 3.88. The molecule has 0 amide bonds. The molecule has 148 valence electrons. The molecule has 0 unspecified atom stereocenters. The van der Waals surface area contributed by atoms with E-state index in [-0.39, 0.29) is 11.8 Å². The van der Waals surface area contributed by atoms with E-state index in [1.165, 1.54) is 23.9 Å². The Morgan fingerprint density at radius 2 is 1.89 bits per heavy atom. The number of halogens is 1. The first-order chi connectivity index (χ1) is 13.5. The van der Waals surface area contributed by atoms with Crippen LogP contribution >= 0.6 is 11.8 Å². The van der Waals surface area contributed by atoms with Gasteiger partial charge in [-0.05, 0) is 38.1 Å². The number of aryl methyl sites for hydroxylation is 1. The Labute approximate surface area is 166 Å². The molecule has 0 aliphatic carbocycles. The maximum atomic E-state index is 13.0. The quantitative estimate of drug-likeness (QED) is 0.553. The second-order valence-electron chi connectivity index (χ2n) is 6.06. The van der Waals surface area contributed by atoms with Gasteiger partial charge in [0.2, 0.25) is 11.9 Å². The number of thioether (sulfide) groups is 1. The van der Waals surface area contributed by atoms with Gasteiger partial charge in [0.25, 0.3) is 0 Å². The number of benzene rings is 1. The summed E-state index contributed by atoms with van der Waals surface area (Å²) in [6.45, 7) is 5.35. The highest BCUT2D eigenvalue weighted by Crippen LogP contribution is 2.24. The zero-order chi connectivity index (χ0) is 20.1. The van der Waals surface area contributed by atoms with Gasteiger partial charge in [0.05, 0.1) is 18.1 Å². The summed E-state index contributed by atoms with van der Waals surface area (Å²) in [6, 6.07) is 5.91. The maximum Gasteiger partial charge on any atom is 0.232 e. The van der Waals surface area contributed by atoms with Crippen LogP contribution in [0.5, 0.6) is 0 Å². The van der Waals surface area contributed by atoms with Crippen LogP contribution in [0.4, 0.5) is 22.0 Å². The number of hydrogen-bond acceptors (Lipinski definition) is 8. The number of nitrogens with zero attached hydrogens (tertiary/aromatic N) is 5. The van der Waals surface area contributed by atoms with Gasteiger partial charge in [0, 0.05) is 25.0 Å². The normalized spacial score (nSPS) is 11.0. The van der Waals surface area contributed by atoms with E-state index in [4.69, 9.17) is 10.5 Å². The molecule has 0 saturated carbocycles. The van der Waals surface area contributed by atoms with Gasteiger partial charge in [-0.1, -0.05) is 11.8 Å². The number of nitrogen functional groups attached to an aromatic ring is 1. The molecule has 0 spiro atoms. The third kappa shape index (κ3) is 4.96. The largest absolute Gasteiger partial charge is 0.383 e. The molecule has 0 saturated heterocycles. The van der Waals surface area contributed by atoms with Crippen LogP contribution in [0.2, 0.25) is 0 Å². The van der Waals surface area contributed by atoms with Gasteiger partial charge in [-0.25, -0.2) is 9.37 Å². The molecule has 0 aliphatic rings. The molecule has 0 radical (unpaired) electrons. The Bertz CT molecular complexity index is 946. The summed E-state index contributed by atoms with van der Waals surface area (Å²) < 4.78 is 20.3. The lowest BCUT2D eigenvalue weighted by atomic mass is 10.3. The minimum absolute atomic E-state index is 0.116. The summed E-state index contributed by atoms with van der Waals surface area (Å²) >= 11 is 1.52. The molecule has 28 heavy (non-hydrogen) atoms. The first kappa shape index (κ1) is 20.0. The number of rotatable bonds is 8. The number of nitrogens with one attached hydrogen (secondary N) is 1. The molecule has 0 bridgehead atoms. The fourth-order valence-electron chi connectivity index (χ4n) is 2.53. The molecule has 2 heterocycles. The first-order valence-corrected chi connectivity index (χ1v) is 9.63. The summed E-state index contributed by atoms with van der Waals surface area (Å²) in [5.74, 6) is 1.12. The highest BCUT2D eigenvalue weighted by molar-refractivity contribution is 7.98. The highest BCUT2D eigenvalue weighted by Gasteiger charge is 2.13. The van der Waals surface area contributed by atoms with Gasteiger partial charge < -0.3 is 20.4 Å². The molecule has 3 aromatic rings. The van der Waals surface area contributed by atoms with Crippen molar-refractivity contribution in [2.24, 2.45) is 0 Å². The third-order valence-electron chi connectivity index (χ3n) is 4.07. The van der Waals surface area contributed by atoms with Crippen LogP contribution in [-0.2, 0) is 17.0 Å². The van der Waals surface area contributed by atoms with E-state index in [0.29, 0.717) is 29.8 Å². The monoisotopic (exact) mass is 403 g/mol. The number of anilines is 3. The van der Waals surface area contributed by atoms with E-state index >= 15 is 0 Å². The van der Waals surface area contributed by atoms with Crippen molar-refractivity contribution in [1.29, 1.82) is 0 Å². The van der Waals surface area contributed by atoms with E-state index in [2.05, 4.69) is 29.8 Å². The Morgan fingerprint density at radius 3 is 2.61 bits per heavy atom. The fourth-order valence-corrected chi connectivity index (χ4v) is 3.50. The zero-order valence-corrected chi connectivity index (χ0v) is 16.8. The molecule has 3 N–H and O–H groups in total. The van der Waals surface area contributed by atoms with E-state index in [9.17, 15) is 4.39 Å². The summed E-state index contributed by atoms with van der Waals surface area (Å²) in [4.78, 5) is 17.3. The average molecular weight is 403 g/mol. The molecule has 0 fully saturated rings. The molecule has 0 atom stereocenters. The smallest absolute Gasteiger partial charge is 0.232 e. The Hall–Kier alpha value is -2.72. The zero-order valence-electron chi connectivity index (χ0n) is 15.9. The first-order valence-electron chi connectivity index (χ1n) is 8.64. The lowest BCUT2D eigenvalue weighted by Gasteiger charge is -2.10. The summed E-state index contributed by atoms with van der Waals surface area (Å²) in [7, 11) is 1.68. The topological polar surface area (TPSA) is 104 Å². The van der Waals surface area contributed by atoms with Crippen molar-refractivity contribution in [3.63, 3.8) is 0 Å². The van der Waals surface area contributed by atoms with Gasteiger partial charge in [0.15, 0.2) is 5.16 Å². The summed E-state index contributed by atoms with van der Waals surface area (Å²) in [6.07, 6.45) is 0. The second-order valence-corrected chi connectivity index (χ2v) is 7.01. The van der Waals surface area contributed by atoms with Gasteiger partial charge in [-0.15, -0.1) is 0 Å². The Kier molecular flexibility index (Phi) is 6.42. The number of hydrogen-bond donors (Lipinski definition) is 2. The second kappa shape index (κ2) is 8.98. The van der Waals surface area contributed by atoms with Crippen LogP contribution in [-0.4, -0.2) is 38.2 Å². The van der Waals surface area contributed by atoms with Crippen molar-refractivity contribution in [3.05, 3.63) is 47.3 Å². The van der Waals surface area contributed by atoms with Crippen molar-refractivity contribution in [1.82, 2.24) is 24.5 Å². The number of methoxy groups -OCH3 is 1. The summed E-state index contributed by atoms with van der Waals surface area (Å²) in [5.41, 5.74) is 8.56. The van der Waals surface area contributed by atoms with Crippen LogP contribution < -0.4 is 11.1 Å². The standard InChI is InChI=1S/C18H22FN7OS/c1-11-12(2)26(8-9-27-3)18(21-11)28-10-15-23-16(20)25-17(24-15)22-14-6-4-13(19)5-7-14/h4-7H,8-10H2,1-3H3,(H3,20,22,23,24,25). The molecule has 3 rings (SSSR count). The lowest BCUT2D eigenvalue weighted by molar-refractivity contribution is 0.184. The molecule has 1 aromatic carbocycles. The van der Waals surface area contributed by atoms with Crippen molar-refractivity contribution >= 4 is 29.3 Å². The van der Waals surface area contributed by atoms with Crippen LogP contribution in [0.1, 0.15) is 17.2 Å². The molecule has 10 heteroatoms. The average Bonchev–Trinajstić information content (AvgIpc) is 2.93. The predicted molar refractivity (Wildman–Crippen MR) is 107 cm³/mol. The maximum absolute atomic E-state index is 13.0. The SMILES string of the molecule is COCCn1c(SCc2nc(N)nc(Nc3ccc(F)cc3)n2)nc(C)c1C. The van der Waals surface area contributed by atoms with E-state index in [1.807, 2.05) is 13.8 Å². The molecule has 8 nitrogen and oxygen atoms in total. The van der Waals surface area contributed by atoms with Crippen molar-refractivity contribution < 1.29 is 9.13 Å². The number of aromatic nitrogens is 5. The predicted octanol–water partition coefficient (Wildman–Crippen LogP) is 3.09. The van der Waals surface area contributed by atoms with Crippen molar-refractivity contribution in [3.8, 4) is 0 Å². The molecule has 0 aliphatic heterocycles. The number of nitrogens with two attached hydrogens (primary N) is 1. The Balaban J connectivity index is 1.74. The fraction of sp³-hybridized carbons (Fsp3) is 0.333. The highest BCUT2D eigenvalue weighted by atomic mass is 32.2. The van der Waals surface area contributed by atoms with E-state index in [0.717, 1.165) is 23.1 Å². The third-order valence-corrected chi connectivity index (χ3v) is 5.04. The van der Waals surface area contributed by atoms with Crippen LogP contribution in [0.25, 0.3) is 0 Å².